The van der Waals surface area contributed by atoms with E-state index in [0.29, 0.717) is 44.5 Å². The van der Waals surface area contributed by atoms with Crippen LogP contribution in [0.4, 0.5) is 14.9 Å². The van der Waals surface area contributed by atoms with Gasteiger partial charge < -0.3 is 25.4 Å². The molecule has 1 aliphatic rings. The van der Waals surface area contributed by atoms with Crippen LogP contribution in [0, 0.1) is 5.82 Å². The molecule has 37 heavy (non-hydrogen) atoms. The molecule has 1 atom stereocenters. The number of nitrogens with one attached hydrogen (secondary N) is 3. The highest BCUT2D eigenvalue weighted by Crippen LogP contribution is 2.40. The Hall–Kier alpha value is -3.56. The summed E-state index contributed by atoms with van der Waals surface area (Å²) in [6.07, 6.45) is 0. The normalized spacial score (nSPS) is 15.1. The standard InChI is InChI=1S/C27H24BrClFN3O4/c1-3-36-22-12-19(20(28)13-23(22)37-14-16-6-4-5-7-21(16)29)25-24(15(2)31-27(35)33-25)26(34)32-18-10-8-17(30)9-11-18/h4-13,25H,3,14H2,1-2H3,(H,32,34)(H2,31,33,35). The van der Waals surface area contributed by atoms with E-state index in [1.807, 2.05) is 25.1 Å². The predicted octanol–water partition coefficient (Wildman–Crippen LogP) is 6.49. The number of benzene rings is 3. The first-order chi connectivity index (χ1) is 17.8. The molecule has 0 saturated heterocycles. The van der Waals surface area contributed by atoms with Crippen molar-refractivity contribution >= 4 is 45.2 Å². The van der Waals surface area contributed by atoms with Crippen LogP contribution in [0.1, 0.15) is 31.0 Å². The molecule has 3 amide bonds. The third kappa shape index (κ3) is 6.23. The summed E-state index contributed by atoms with van der Waals surface area (Å²) in [5.74, 6) is 0.0414. The molecule has 10 heteroatoms. The van der Waals surface area contributed by atoms with Gasteiger partial charge in [0.05, 0.1) is 18.2 Å². The molecule has 3 N–H and O–H groups in total. The molecule has 0 aliphatic carbocycles. The molecule has 1 unspecified atom stereocenters. The minimum atomic E-state index is -0.805. The zero-order chi connectivity index (χ0) is 26.5. The summed E-state index contributed by atoms with van der Waals surface area (Å²) in [7, 11) is 0. The second-order valence-electron chi connectivity index (χ2n) is 8.16. The molecule has 0 fully saturated rings. The largest absolute Gasteiger partial charge is 0.490 e. The van der Waals surface area contributed by atoms with Crippen LogP contribution in [-0.2, 0) is 11.4 Å². The van der Waals surface area contributed by atoms with E-state index in [1.165, 1.54) is 24.3 Å². The highest BCUT2D eigenvalue weighted by molar-refractivity contribution is 9.10. The van der Waals surface area contributed by atoms with E-state index in [9.17, 15) is 14.0 Å². The van der Waals surface area contributed by atoms with Crippen molar-refractivity contribution in [3.63, 3.8) is 0 Å². The predicted molar refractivity (Wildman–Crippen MR) is 143 cm³/mol. The van der Waals surface area contributed by atoms with Crippen molar-refractivity contribution in [3.05, 3.63) is 98.4 Å². The van der Waals surface area contributed by atoms with Crippen LogP contribution in [0.25, 0.3) is 0 Å². The Labute approximate surface area is 227 Å². The van der Waals surface area contributed by atoms with Crippen LogP contribution < -0.4 is 25.4 Å². The van der Waals surface area contributed by atoms with Gasteiger partial charge in [-0.3, -0.25) is 4.79 Å². The van der Waals surface area contributed by atoms with E-state index >= 15 is 0 Å². The number of halogens is 3. The van der Waals surface area contributed by atoms with Crippen LogP contribution in [0.2, 0.25) is 5.02 Å². The molecular formula is C27H24BrClFN3O4. The van der Waals surface area contributed by atoms with Crippen molar-refractivity contribution in [2.24, 2.45) is 0 Å². The smallest absolute Gasteiger partial charge is 0.319 e. The number of anilines is 1. The second-order valence-corrected chi connectivity index (χ2v) is 9.43. The van der Waals surface area contributed by atoms with Crippen LogP contribution in [0.3, 0.4) is 0 Å². The van der Waals surface area contributed by atoms with Gasteiger partial charge in [-0.15, -0.1) is 0 Å². The summed E-state index contributed by atoms with van der Waals surface area (Å²) in [6, 6.07) is 15.0. The summed E-state index contributed by atoms with van der Waals surface area (Å²) in [5.41, 5.74) is 2.50. The number of amides is 3. The number of urea groups is 1. The van der Waals surface area contributed by atoms with Gasteiger partial charge in [0.25, 0.3) is 5.91 Å². The monoisotopic (exact) mass is 587 g/mol. The zero-order valence-corrected chi connectivity index (χ0v) is 22.4. The fraction of sp³-hybridized carbons (Fsp3) is 0.185. The maximum absolute atomic E-state index is 13.3. The Morgan fingerprint density at radius 2 is 1.81 bits per heavy atom. The molecule has 3 aromatic rings. The van der Waals surface area contributed by atoms with Crippen LogP contribution in [0.15, 0.2) is 76.4 Å². The lowest BCUT2D eigenvalue weighted by atomic mass is 9.94. The summed E-state index contributed by atoms with van der Waals surface area (Å²) in [6.45, 7) is 4.08. The number of carbonyl (C=O) groups is 2. The van der Waals surface area contributed by atoms with Gasteiger partial charge in [0.2, 0.25) is 0 Å². The summed E-state index contributed by atoms with van der Waals surface area (Å²) in [4.78, 5) is 25.7. The molecule has 0 saturated carbocycles. The number of allylic oxidation sites excluding steroid dienone is 1. The summed E-state index contributed by atoms with van der Waals surface area (Å²) < 4.78 is 25.8. The lowest BCUT2D eigenvalue weighted by molar-refractivity contribution is -0.113. The average Bonchev–Trinajstić information content (AvgIpc) is 2.85. The maximum atomic E-state index is 13.3. The number of hydrogen-bond acceptors (Lipinski definition) is 4. The topological polar surface area (TPSA) is 88.7 Å². The molecule has 192 valence electrons. The molecule has 3 aromatic carbocycles. The molecule has 0 bridgehead atoms. The molecular weight excluding hydrogens is 565 g/mol. The van der Waals surface area contributed by atoms with Crippen molar-refractivity contribution in [2.75, 3.05) is 11.9 Å². The van der Waals surface area contributed by atoms with Gasteiger partial charge >= 0.3 is 6.03 Å². The van der Waals surface area contributed by atoms with Gasteiger partial charge in [0.1, 0.15) is 12.4 Å². The third-order valence-corrected chi connectivity index (χ3v) is 6.69. The van der Waals surface area contributed by atoms with Crippen molar-refractivity contribution < 1.29 is 23.5 Å². The first kappa shape index (κ1) is 26.5. The highest BCUT2D eigenvalue weighted by atomic mass is 79.9. The number of hydrogen-bond donors (Lipinski definition) is 3. The first-order valence-electron chi connectivity index (χ1n) is 11.4. The Kier molecular flexibility index (Phi) is 8.35. The molecule has 0 spiro atoms. The van der Waals surface area contributed by atoms with Gasteiger partial charge in [0, 0.05) is 26.4 Å². The van der Waals surface area contributed by atoms with Crippen molar-refractivity contribution in [1.82, 2.24) is 10.6 Å². The van der Waals surface area contributed by atoms with Gasteiger partial charge in [-0.2, -0.15) is 0 Å². The quantitative estimate of drug-likeness (QED) is 0.281. The summed E-state index contributed by atoms with van der Waals surface area (Å²) >= 11 is 9.83. The minimum absolute atomic E-state index is 0.222. The fourth-order valence-electron chi connectivity index (χ4n) is 3.88. The SMILES string of the molecule is CCOc1cc(C2NC(=O)NC(C)=C2C(=O)Nc2ccc(F)cc2)c(Br)cc1OCc1ccccc1Cl. The fourth-order valence-corrected chi connectivity index (χ4v) is 4.63. The van der Waals surface area contributed by atoms with Gasteiger partial charge in [-0.1, -0.05) is 45.7 Å². The van der Waals surface area contributed by atoms with E-state index in [1.54, 1.807) is 25.1 Å². The highest BCUT2D eigenvalue weighted by Gasteiger charge is 2.33. The van der Waals surface area contributed by atoms with Crippen LogP contribution >= 0.6 is 27.5 Å². The molecule has 0 radical (unpaired) electrons. The Balaban J connectivity index is 1.67. The molecule has 7 nitrogen and oxygen atoms in total. The number of ether oxygens (including phenoxy) is 2. The number of carbonyl (C=O) groups excluding carboxylic acids is 2. The zero-order valence-electron chi connectivity index (χ0n) is 20.0. The van der Waals surface area contributed by atoms with E-state index in [4.69, 9.17) is 21.1 Å². The second kappa shape index (κ2) is 11.7. The van der Waals surface area contributed by atoms with E-state index in [-0.39, 0.29) is 12.2 Å². The Bertz CT molecular complexity index is 1360. The Morgan fingerprint density at radius 1 is 1.11 bits per heavy atom. The molecule has 0 aromatic heterocycles. The molecule has 1 aliphatic heterocycles. The lowest BCUT2D eigenvalue weighted by Crippen LogP contribution is -2.46. The van der Waals surface area contributed by atoms with Gasteiger partial charge in [-0.25, -0.2) is 9.18 Å². The maximum Gasteiger partial charge on any atom is 0.319 e. The van der Waals surface area contributed by atoms with Gasteiger partial charge in [-0.05, 0) is 61.9 Å². The average molecular weight is 589 g/mol. The first-order valence-corrected chi connectivity index (χ1v) is 12.6. The lowest BCUT2D eigenvalue weighted by Gasteiger charge is -2.30. The van der Waals surface area contributed by atoms with Crippen molar-refractivity contribution in [2.45, 2.75) is 26.5 Å². The molecule has 4 rings (SSSR count). The van der Waals surface area contributed by atoms with E-state index < -0.39 is 23.8 Å². The van der Waals surface area contributed by atoms with E-state index in [2.05, 4.69) is 31.9 Å². The summed E-state index contributed by atoms with van der Waals surface area (Å²) in [5, 5.41) is 8.80. The Morgan fingerprint density at radius 3 is 2.51 bits per heavy atom. The third-order valence-electron chi connectivity index (χ3n) is 5.63. The molecule has 1 heterocycles. The van der Waals surface area contributed by atoms with Crippen molar-refractivity contribution in [3.8, 4) is 11.5 Å². The van der Waals surface area contributed by atoms with Gasteiger partial charge in [0.15, 0.2) is 11.5 Å². The minimum Gasteiger partial charge on any atom is -0.490 e. The number of rotatable bonds is 8. The van der Waals surface area contributed by atoms with Crippen LogP contribution in [0.5, 0.6) is 11.5 Å². The van der Waals surface area contributed by atoms with Crippen molar-refractivity contribution in [1.29, 1.82) is 0 Å². The van der Waals surface area contributed by atoms with E-state index in [0.717, 1.165) is 5.56 Å². The van der Waals surface area contributed by atoms with Crippen LogP contribution in [-0.4, -0.2) is 18.5 Å².